The van der Waals surface area contributed by atoms with Crippen LogP contribution in [0.3, 0.4) is 0 Å². The minimum atomic E-state index is -0.501. The van der Waals surface area contributed by atoms with Gasteiger partial charge in [-0.2, -0.15) is 10.1 Å². The number of aryl methyl sites for hydroxylation is 2. The first-order valence-electron chi connectivity index (χ1n) is 9.12. The third kappa shape index (κ3) is 3.80. The molecule has 0 saturated heterocycles. The molecule has 0 aliphatic carbocycles. The molecule has 1 N–H and O–H groups in total. The molecular formula is C22H19FN4O2. The molecule has 1 amide bonds. The molecule has 0 atom stereocenters. The summed E-state index contributed by atoms with van der Waals surface area (Å²) in [6, 6.07) is 17.4. The van der Waals surface area contributed by atoms with Gasteiger partial charge in [0.1, 0.15) is 5.82 Å². The number of pyridine rings is 1. The number of carbonyl (C=O) groups is 1. The smallest absolute Gasteiger partial charge is 0.262 e. The minimum Gasteiger partial charge on any atom is -0.467 e. The monoisotopic (exact) mass is 390 g/mol. The molecule has 0 fully saturated rings. The highest BCUT2D eigenvalue weighted by Crippen LogP contribution is 2.26. The second kappa shape index (κ2) is 7.71. The molecule has 4 rings (SSSR count). The number of anilines is 1. The number of halogens is 1. The number of hydrogen-bond donors (Lipinski definition) is 1. The summed E-state index contributed by atoms with van der Waals surface area (Å²) in [5.74, 6) is -0.670. The largest absolute Gasteiger partial charge is 0.467 e. The van der Waals surface area contributed by atoms with Gasteiger partial charge >= 0.3 is 0 Å². The van der Waals surface area contributed by atoms with Gasteiger partial charge in [-0.25, -0.2) is 9.07 Å². The van der Waals surface area contributed by atoms with Crippen LogP contribution in [-0.2, 0) is 4.79 Å². The Morgan fingerprint density at radius 2 is 1.83 bits per heavy atom. The van der Waals surface area contributed by atoms with E-state index in [0.717, 1.165) is 22.3 Å². The minimum absolute atomic E-state index is 0.110. The molecule has 0 saturated carbocycles. The molecule has 146 valence electrons. The van der Waals surface area contributed by atoms with E-state index in [1.165, 1.54) is 12.1 Å². The molecule has 2 aromatic carbocycles. The van der Waals surface area contributed by atoms with Gasteiger partial charge in [-0.3, -0.25) is 4.79 Å². The van der Waals surface area contributed by atoms with E-state index in [0.29, 0.717) is 11.5 Å². The lowest BCUT2D eigenvalue weighted by Gasteiger charge is -2.09. The Bertz CT molecular complexity index is 1190. The van der Waals surface area contributed by atoms with Crippen molar-refractivity contribution in [1.29, 1.82) is 0 Å². The van der Waals surface area contributed by atoms with E-state index in [2.05, 4.69) is 15.4 Å². The lowest BCUT2D eigenvalue weighted by atomic mass is 10.2. The van der Waals surface area contributed by atoms with Crippen molar-refractivity contribution in [3.63, 3.8) is 0 Å². The molecule has 2 heterocycles. The summed E-state index contributed by atoms with van der Waals surface area (Å²) in [5, 5.41) is 8.03. The van der Waals surface area contributed by atoms with Gasteiger partial charge in [0.25, 0.3) is 5.91 Å². The lowest BCUT2D eigenvalue weighted by Crippen LogP contribution is -2.21. The number of ether oxygens (including phenoxy) is 1. The molecule has 7 heteroatoms. The molecule has 0 aliphatic heterocycles. The number of carbonyl (C=O) groups excluding carboxylic acids is 1. The van der Waals surface area contributed by atoms with Crippen LogP contribution in [-0.4, -0.2) is 27.3 Å². The maximum atomic E-state index is 13.7. The average Bonchev–Trinajstić information content (AvgIpc) is 3.06. The van der Waals surface area contributed by atoms with Crippen molar-refractivity contribution in [2.45, 2.75) is 13.8 Å². The van der Waals surface area contributed by atoms with Crippen LogP contribution >= 0.6 is 0 Å². The van der Waals surface area contributed by atoms with Crippen LogP contribution in [0.15, 0.2) is 60.7 Å². The predicted octanol–water partition coefficient (Wildman–Crippen LogP) is 4.19. The van der Waals surface area contributed by atoms with Crippen molar-refractivity contribution in [3.8, 4) is 11.6 Å². The first-order valence-corrected chi connectivity index (χ1v) is 9.12. The summed E-state index contributed by atoms with van der Waals surface area (Å²) < 4.78 is 21.0. The number of hydrogen-bond acceptors (Lipinski definition) is 4. The van der Waals surface area contributed by atoms with Crippen LogP contribution in [0.1, 0.15) is 11.3 Å². The Hall–Kier alpha value is -3.74. The quantitative estimate of drug-likeness (QED) is 0.555. The standard InChI is InChI=1S/C22H19FN4O2/c1-14-12-20(29-13-19(28)24-18-11-7-6-10-17(18)23)25-22-21(14)15(2)26-27(22)16-8-4-3-5-9-16/h3-12H,13H2,1-2H3,(H,24,28). The Kier molecular flexibility index (Phi) is 4.95. The molecular weight excluding hydrogens is 371 g/mol. The van der Waals surface area contributed by atoms with E-state index in [-0.39, 0.29) is 12.3 Å². The molecule has 0 spiro atoms. The number of rotatable bonds is 5. The molecule has 0 bridgehead atoms. The fraction of sp³-hybridized carbons (Fsp3) is 0.136. The van der Waals surface area contributed by atoms with Gasteiger partial charge < -0.3 is 10.1 Å². The summed E-state index contributed by atoms with van der Waals surface area (Å²) >= 11 is 0. The van der Waals surface area contributed by atoms with Crippen molar-refractivity contribution < 1.29 is 13.9 Å². The summed E-state index contributed by atoms with van der Waals surface area (Å²) in [6.07, 6.45) is 0. The first-order chi connectivity index (χ1) is 14.0. The van der Waals surface area contributed by atoms with Crippen molar-refractivity contribution in [2.24, 2.45) is 0 Å². The van der Waals surface area contributed by atoms with Crippen molar-refractivity contribution in [2.75, 3.05) is 11.9 Å². The fourth-order valence-corrected chi connectivity index (χ4v) is 3.19. The van der Waals surface area contributed by atoms with Gasteiger partial charge in [-0.1, -0.05) is 30.3 Å². The highest BCUT2D eigenvalue weighted by atomic mass is 19.1. The number of nitrogens with one attached hydrogen (secondary N) is 1. The van der Waals surface area contributed by atoms with Crippen LogP contribution in [0.5, 0.6) is 5.88 Å². The zero-order chi connectivity index (χ0) is 20.4. The summed E-state index contributed by atoms with van der Waals surface area (Å²) in [6.45, 7) is 3.59. The zero-order valence-electron chi connectivity index (χ0n) is 16.0. The maximum absolute atomic E-state index is 13.7. The predicted molar refractivity (Wildman–Crippen MR) is 109 cm³/mol. The molecule has 6 nitrogen and oxygen atoms in total. The van der Waals surface area contributed by atoms with Crippen LogP contribution in [0.4, 0.5) is 10.1 Å². The van der Waals surface area contributed by atoms with E-state index in [1.54, 1.807) is 22.9 Å². The summed E-state index contributed by atoms with van der Waals surface area (Å²) in [7, 11) is 0. The second-order valence-corrected chi connectivity index (χ2v) is 6.63. The Balaban J connectivity index is 1.58. The lowest BCUT2D eigenvalue weighted by molar-refractivity contribution is -0.118. The molecule has 0 aliphatic rings. The SMILES string of the molecule is Cc1cc(OCC(=O)Nc2ccccc2F)nc2c1c(C)nn2-c1ccccc1. The average molecular weight is 390 g/mol. The van der Waals surface area contributed by atoms with Gasteiger partial charge in [0.2, 0.25) is 5.88 Å². The van der Waals surface area contributed by atoms with Gasteiger partial charge in [0.05, 0.1) is 17.1 Å². The van der Waals surface area contributed by atoms with Crippen molar-refractivity contribution in [1.82, 2.24) is 14.8 Å². The van der Waals surface area contributed by atoms with Gasteiger partial charge in [0, 0.05) is 11.5 Å². The fourth-order valence-electron chi connectivity index (χ4n) is 3.19. The number of nitrogens with zero attached hydrogens (tertiary/aromatic N) is 3. The topological polar surface area (TPSA) is 69.0 Å². The van der Waals surface area contributed by atoms with Crippen molar-refractivity contribution in [3.05, 3.63) is 77.7 Å². The van der Waals surface area contributed by atoms with E-state index in [1.807, 2.05) is 44.2 Å². The Labute approximate surface area is 167 Å². The van der Waals surface area contributed by atoms with Gasteiger partial charge in [-0.05, 0) is 43.7 Å². The highest BCUT2D eigenvalue weighted by molar-refractivity contribution is 5.92. The van der Waals surface area contributed by atoms with E-state index >= 15 is 0 Å². The first kappa shape index (κ1) is 18.6. The van der Waals surface area contributed by atoms with Crippen LogP contribution in [0.25, 0.3) is 16.7 Å². The van der Waals surface area contributed by atoms with Crippen LogP contribution in [0.2, 0.25) is 0 Å². The van der Waals surface area contributed by atoms with Gasteiger partial charge in [-0.15, -0.1) is 0 Å². The number of benzene rings is 2. The summed E-state index contributed by atoms with van der Waals surface area (Å²) in [4.78, 5) is 16.7. The Morgan fingerprint density at radius 1 is 1.10 bits per heavy atom. The second-order valence-electron chi connectivity index (χ2n) is 6.63. The zero-order valence-corrected chi connectivity index (χ0v) is 16.0. The molecule has 0 radical (unpaired) electrons. The Morgan fingerprint density at radius 3 is 2.59 bits per heavy atom. The molecule has 29 heavy (non-hydrogen) atoms. The molecule has 2 aromatic heterocycles. The number of aromatic nitrogens is 3. The van der Waals surface area contributed by atoms with Crippen LogP contribution < -0.4 is 10.1 Å². The highest BCUT2D eigenvalue weighted by Gasteiger charge is 2.15. The molecule has 4 aromatic rings. The van der Waals surface area contributed by atoms with Crippen molar-refractivity contribution >= 4 is 22.6 Å². The van der Waals surface area contributed by atoms with E-state index in [9.17, 15) is 9.18 Å². The van der Waals surface area contributed by atoms with Crippen LogP contribution in [0, 0.1) is 19.7 Å². The van der Waals surface area contributed by atoms with Gasteiger partial charge in [0.15, 0.2) is 12.3 Å². The number of fused-ring (bicyclic) bond motifs is 1. The third-order valence-corrected chi connectivity index (χ3v) is 4.49. The third-order valence-electron chi connectivity index (χ3n) is 4.49. The van der Waals surface area contributed by atoms with E-state index < -0.39 is 11.7 Å². The molecule has 0 unspecified atom stereocenters. The summed E-state index contributed by atoms with van der Waals surface area (Å²) in [5.41, 5.74) is 3.44. The van der Waals surface area contributed by atoms with E-state index in [4.69, 9.17) is 4.74 Å². The number of para-hydroxylation sites is 2. The maximum Gasteiger partial charge on any atom is 0.262 e. The normalized spacial score (nSPS) is 10.9. The number of amides is 1.